The van der Waals surface area contributed by atoms with Gasteiger partial charge in [-0.25, -0.2) is 0 Å². The van der Waals surface area contributed by atoms with Gasteiger partial charge in [-0.15, -0.1) is 0 Å². The van der Waals surface area contributed by atoms with Crippen molar-refractivity contribution < 1.29 is 28.8 Å². The van der Waals surface area contributed by atoms with E-state index in [-0.39, 0.29) is 29.9 Å². The minimum atomic E-state index is -1.01. The fraction of sp³-hybridized carbons (Fsp3) is 0.618. The van der Waals surface area contributed by atoms with E-state index in [1.165, 1.54) is 0 Å². The van der Waals surface area contributed by atoms with Crippen LogP contribution in [0.3, 0.4) is 0 Å². The SMILES string of the molecule is CCC(=O)CCCCCC1NC(=O)[C@H](Cc2cn(OC)c3ccccc23)NC(=O)[C@H](C(C)CC)NC(=O)[C@@H]2CCCCN2C1=O. The number of aromatic nitrogens is 1. The monoisotopic (exact) mass is 623 g/mol. The molecule has 2 aliphatic rings. The molecule has 0 bridgehead atoms. The van der Waals surface area contributed by atoms with E-state index in [1.54, 1.807) is 22.9 Å². The summed E-state index contributed by atoms with van der Waals surface area (Å²) in [5, 5.41) is 9.75. The molecule has 11 nitrogen and oxygen atoms in total. The number of fused-ring (bicyclic) bond motifs is 2. The standard InChI is InChI=1S/C34H49N5O6/c1-5-22(3)30-33(43)36-27(20-23-21-39(45-4)28-17-11-10-15-25(23)28)31(41)35-26(16-9-7-8-14-24(40)6-2)34(44)38-19-13-12-18-29(38)32(42)37-30/h10-11,15,17,21-22,26-27,29-30H,5-9,12-14,16,18-20H2,1-4H3,(H,35,41)(H,36,43)(H,37,42)/t22?,26?,27-,29-,30-/m0/s1. The number of unbranched alkanes of at least 4 members (excludes halogenated alkanes) is 2. The second-order valence-electron chi connectivity index (χ2n) is 12.4. The fourth-order valence-corrected chi connectivity index (χ4v) is 6.40. The third-order valence-electron chi connectivity index (χ3n) is 9.35. The molecule has 45 heavy (non-hydrogen) atoms. The van der Waals surface area contributed by atoms with Crippen molar-refractivity contribution >= 4 is 40.3 Å². The van der Waals surface area contributed by atoms with Crippen molar-refractivity contribution in [1.29, 1.82) is 0 Å². The van der Waals surface area contributed by atoms with E-state index in [2.05, 4.69) is 16.0 Å². The number of carbonyl (C=O) groups excluding carboxylic acids is 5. The van der Waals surface area contributed by atoms with E-state index >= 15 is 0 Å². The molecule has 3 heterocycles. The summed E-state index contributed by atoms with van der Waals surface area (Å²) in [6.07, 6.45) is 8.10. The van der Waals surface area contributed by atoms with E-state index in [9.17, 15) is 24.0 Å². The smallest absolute Gasteiger partial charge is 0.245 e. The summed E-state index contributed by atoms with van der Waals surface area (Å²) < 4.78 is 1.62. The van der Waals surface area contributed by atoms with Crippen molar-refractivity contribution in [3.8, 4) is 0 Å². The number of benzene rings is 1. The zero-order chi connectivity index (χ0) is 32.5. The second kappa shape index (κ2) is 15.9. The molecule has 2 saturated heterocycles. The van der Waals surface area contributed by atoms with Crippen LogP contribution in [0.4, 0.5) is 0 Å². The Kier molecular flexibility index (Phi) is 12.0. The van der Waals surface area contributed by atoms with Crippen LogP contribution in [0.1, 0.15) is 90.5 Å². The quantitative estimate of drug-likeness (QED) is 0.311. The molecular weight excluding hydrogens is 574 g/mol. The average Bonchev–Trinajstić information content (AvgIpc) is 3.41. The van der Waals surface area contributed by atoms with Gasteiger partial charge in [0, 0.05) is 37.4 Å². The molecule has 0 radical (unpaired) electrons. The third-order valence-corrected chi connectivity index (χ3v) is 9.35. The Balaban J connectivity index is 1.67. The molecule has 2 fully saturated rings. The van der Waals surface area contributed by atoms with Gasteiger partial charge in [0.2, 0.25) is 23.6 Å². The van der Waals surface area contributed by atoms with Crippen LogP contribution in [-0.2, 0) is 30.4 Å². The van der Waals surface area contributed by atoms with Crippen molar-refractivity contribution in [1.82, 2.24) is 25.6 Å². The Morgan fingerprint density at radius 1 is 0.956 bits per heavy atom. The lowest BCUT2D eigenvalue weighted by atomic mass is 9.94. The van der Waals surface area contributed by atoms with E-state index in [0.717, 1.165) is 42.1 Å². The second-order valence-corrected chi connectivity index (χ2v) is 12.4. The maximum atomic E-state index is 14.1. The molecule has 3 N–H and O–H groups in total. The molecule has 0 spiro atoms. The van der Waals surface area contributed by atoms with Crippen LogP contribution in [-0.4, -0.2) is 76.9 Å². The largest absolute Gasteiger partial charge is 0.417 e. The van der Waals surface area contributed by atoms with Crippen molar-refractivity contribution in [3.63, 3.8) is 0 Å². The minimum Gasteiger partial charge on any atom is -0.417 e. The number of Topliss-reactive ketones (excluding diaryl/α,β-unsaturated/α-hetero) is 1. The number of amides is 4. The van der Waals surface area contributed by atoms with Crippen LogP contribution in [0.2, 0.25) is 0 Å². The van der Waals surface area contributed by atoms with Gasteiger partial charge >= 0.3 is 0 Å². The van der Waals surface area contributed by atoms with Crippen LogP contribution in [0.5, 0.6) is 0 Å². The lowest BCUT2D eigenvalue weighted by Gasteiger charge is -2.39. The van der Waals surface area contributed by atoms with Gasteiger partial charge in [0.1, 0.15) is 37.1 Å². The number of piperidine rings is 1. The number of nitrogens with zero attached hydrogens (tertiary/aromatic N) is 2. The Bertz CT molecular complexity index is 1370. The number of ketones is 1. The van der Waals surface area contributed by atoms with Crippen molar-refractivity contribution in [2.75, 3.05) is 13.7 Å². The normalized spacial score (nSPS) is 23.7. The molecule has 4 rings (SSSR count). The first kappa shape index (κ1) is 34.0. The zero-order valence-electron chi connectivity index (χ0n) is 27.1. The molecule has 2 aromatic rings. The molecule has 1 aromatic heterocycles. The van der Waals surface area contributed by atoms with Gasteiger partial charge in [-0.05, 0) is 49.7 Å². The summed E-state index contributed by atoms with van der Waals surface area (Å²) in [4.78, 5) is 74.6. The van der Waals surface area contributed by atoms with Crippen LogP contribution < -0.4 is 20.8 Å². The Hall–Kier alpha value is -3.89. The molecule has 0 aliphatic carbocycles. The molecule has 2 aliphatic heterocycles. The van der Waals surface area contributed by atoms with Gasteiger partial charge in [0.05, 0.1) is 5.52 Å². The molecular formula is C34H49N5O6. The zero-order valence-corrected chi connectivity index (χ0v) is 27.1. The van der Waals surface area contributed by atoms with Crippen molar-refractivity contribution in [2.45, 2.75) is 116 Å². The molecule has 2 unspecified atom stereocenters. The summed E-state index contributed by atoms with van der Waals surface area (Å²) in [5.41, 5.74) is 1.62. The maximum Gasteiger partial charge on any atom is 0.245 e. The average molecular weight is 624 g/mol. The molecule has 1 aromatic carbocycles. The molecule has 11 heteroatoms. The fourth-order valence-electron chi connectivity index (χ4n) is 6.40. The number of carbonyl (C=O) groups is 5. The first-order valence-electron chi connectivity index (χ1n) is 16.5. The van der Waals surface area contributed by atoms with E-state index < -0.39 is 36.0 Å². The van der Waals surface area contributed by atoms with Gasteiger partial charge in [-0.2, -0.15) is 4.73 Å². The Labute approximate surface area is 265 Å². The summed E-state index contributed by atoms with van der Waals surface area (Å²) in [5.74, 6) is -1.51. The predicted octanol–water partition coefficient (Wildman–Crippen LogP) is 3.07. The summed E-state index contributed by atoms with van der Waals surface area (Å²) in [7, 11) is 1.56. The number of hydrogen-bond acceptors (Lipinski definition) is 6. The van der Waals surface area contributed by atoms with Gasteiger partial charge in [0.25, 0.3) is 0 Å². The van der Waals surface area contributed by atoms with Crippen molar-refractivity contribution in [3.05, 3.63) is 36.0 Å². The maximum absolute atomic E-state index is 14.1. The van der Waals surface area contributed by atoms with Crippen LogP contribution >= 0.6 is 0 Å². The summed E-state index contributed by atoms with van der Waals surface area (Å²) in [6, 6.07) is 4.20. The Morgan fingerprint density at radius 2 is 1.71 bits per heavy atom. The molecule has 5 atom stereocenters. The first-order valence-corrected chi connectivity index (χ1v) is 16.5. The number of hydrogen-bond donors (Lipinski definition) is 3. The highest BCUT2D eigenvalue weighted by Crippen LogP contribution is 2.24. The number of nitrogens with one attached hydrogen (secondary N) is 3. The van der Waals surface area contributed by atoms with Crippen LogP contribution in [0.25, 0.3) is 10.9 Å². The third kappa shape index (κ3) is 8.23. The topological polar surface area (TPSA) is 139 Å². The van der Waals surface area contributed by atoms with Gasteiger partial charge in [-0.3, -0.25) is 24.0 Å². The highest BCUT2D eigenvalue weighted by atomic mass is 16.6. The number of rotatable bonds is 12. The molecule has 0 saturated carbocycles. The van der Waals surface area contributed by atoms with Gasteiger partial charge < -0.3 is 25.7 Å². The highest BCUT2D eigenvalue weighted by Gasteiger charge is 2.40. The first-order chi connectivity index (χ1) is 21.7. The van der Waals surface area contributed by atoms with Crippen LogP contribution in [0.15, 0.2) is 30.5 Å². The van der Waals surface area contributed by atoms with E-state index in [1.807, 2.05) is 45.0 Å². The lowest BCUT2D eigenvalue weighted by molar-refractivity contribution is -0.147. The minimum absolute atomic E-state index is 0.155. The highest BCUT2D eigenvalue weighted by molar-refractivity contribution is 5.98. The van der Waals surface area contributed by atoms with Gasteiger partial charge in [-0.1, -0.05) is 58.2 Å². The summed E-state index contributed by atoms with van der Waals surface area (Å²) >= 11 is 0. The van der Waals surface area contributed by atoms with Crippen molar-refractivity contribution in [2.24, 2.45) is 5.92 Å². The summed E-state index contributed by atoms with van der Waals surface area (Å²) in [6.45, 7) is 6.10. The predicted molar refractivity (Wildman–Crippen MR) is 171 cm³/mol. The Morgan fingerprint density at radius 3 is 2.44 bits per heavy atom. The lowest BCUT2D eigenvalue weighted by Crippen LogP contribution is -2.64. The van der Waals surface area contributed by atoms with E-state index in [4.69, 9.17) is 4.84 Å². The number of para-hydroxylation sites is 1. The molecule has 4 amide bonds. The van der Waals surface area contributed by atoms with Crippen LogP contribution in [0, 0.1) is 5.92 Å². The van der Waals surface area contributed by atoms with E-state index in [0.29, 0.717) is 45.1 Å². The molecule has 246 valence electrons. The van der Waals surface area contributed by atoms with Gasteiger partial charge in [0.15, 0.2) is 0 Å².